The van der Waals surface area contributed by atoms with Gasteiger partial charge in [0.15, 0.2) is 0 Å². The molecule has 0 spiro atoms. The summed E-state index contributed by atoms with van der Waals surface area (Å²) in [5.41, 5.74) is 23.4. The molecule has 1 N–H and O–H groups in total. The number of amides is 5. The molecule has 30 heteroatoms. The van der Waals surface area contributed by atoms with Crippen LogP contribution in [-0.4, -0.2) is 145 Å². The molecule has 0 unspecified atom stereocenters. The van der Waals surface area contributed by atoms with E-state index in [0.29, 0.717) is 99.7 Å². The number of aromatic nitrogens is 10. The minimum absolute atomic E-state index is 0.0133. The molecular formula is C111H90F6N18O6. The van der Waals surface area contributed by atoms with Gasteiger partial charge in [-0.25, -0.2) is 31.3 Å². The number of nitrogens with zero attached hydrogens (tertiary/aromatic N) is 17. The van der Waals surface area contributed by atoms with Gasteiger partial charge < -0.3 is 39.0 Å². The van der Waals surface area contributed by atoms with Crippen molar-refractivity contribution in [2.45, 2.75) is 85.3 Å². The van der Waals surface area contributed by atoms with E-state index in [1.807, 2.05) is 154 Å². The number of anilines is 2. The molecule has 8 aromatic heterocycles. The monoisotopic (exact) mass is 1880 g/mol. The minimum atomic E-state index is -0.680. The summed E-state index contributed by atoms with van der Waals surface area (Å²) in [7, 11) is 9.46. The van der Waals surface area contributed by atoms with Crippen LogP contribution in [0.2, 0.25) is 0 Å². The molecule has 24 rings (SSSR count). The van der Waals surface area contributed by atoms with Gasteiger partial charge in [-0.15, -0.1) is 0 Å². The Bertz CT molecular complexity index is 7860. The fourth-order valence-corrected chi connectivity index (χ4v) is 18.7. The molecule has 7 aliphatic heterocycles. The van der Waals surface area contributed by atoms with E-state index in [9.17, 15) is 50.3 Å². The predicted molar refractivity (Wildman–Crippen MR) is 524 cm³/mol. The highest BCUT2D eigenvalue weighted by Gasteiger charge is 2.36. The lowest BCUT2D eigenvalue weighted by molar-refractivity contribution is 0.0755. The van der Waals surface area contributed by atoms with E-state index in [1.54, 1.807) is 138 Å². The highest BCUT2D eigenvalue weighted by Crippen LogP contribution is 2.40. The topological polar surface area (TPSA) is 253 Å². The number of carbonyl (C=O) groups is 5. The smallest absolute Gasteiger partial charge is 0.256 e. The number of H-pyrrole nitrogens is 1. The normalized spacial score (nSPS) is 13.8. The number of fused-ring (bicyclic) bond motifs is 9. The Morgan fingerprint density at radius 3 is 1.29 bits per heavy atom. The second-order valence-corrected chi connectivity index (χ2v) is 35.6. The quantitative estimate of drug-likeness (QED) is 0.0832. The van der Waals surface area contributed by atoms with Gasteiger partial charge in [-0.2, -0.15) is 10.2 Å². The molecule has 0 saturated carbocycles. The van der Waals surface area contributed by atoms with E-state index in [2.05, 4.69) is 73.3 Å². The number of halogens is 6. The van der Waals surface area contributed by atoms with E-state index >= 15 is 0 Å². The molecule has 702 valence electrons. The first-order chi connectivity index (χ1) is 68.4. The van der Waals surface area contributed by atoms with Crippen molar-refractivity contribution in [3.8, 4) is 61.4 Å². The lowest BCUT2D eigenvalue weighted by Gasteiger charge is -2.18. The molecular weight excluding hydrogens is 1800 g/mol. The van der Waals surface area contributed by atoms with E-state index in [0.717, 1.165) is 130 Å². The summed E-state index contributed by atoms with van der Waals surface area (Å²) in [5, 5.41) is 13.6. The van der Waals surface area contributed by atoms with Crippen LogP contribution in [-0.2, 0) is 85.5 Å². The summed E-state index contributed by atoms with van der Waals surface area (Å²) in [6, 6.07) is 66.4. The van der Waals surface area contributed by atoms with Gasteiger partial charge in [-0.1, -0.05) is 72.8 Å². The van der Waals surface area contributed by atoms with E-state index < -0.39 is 23.3 Å². The standard InChI is InChI=1S/C23H19F2N3O.C23H20N4O2.C22H16F2N4O.C22H16FN3O.C21H19FN4O/c1-27-8-6-15-9-14(4-5-22(15)27)16-10-19(24)18(20(25)11-16)12-28-13-21-17(23(28)29)3-2-7-26-21;1-26-13-19-17(5-3-7-20(19)25-26)15-8-9-16(22(11-15)29-2)12-27-14-21-18(23(27)28)6-4-10-24-21;1-12-16-7-13(4-5-20(16)27-26-12)14-8-18(23)17(19(24)9-14)10-28-11-21-15(22(28)29)3-2-6-25-21;23-20-9-15(14-3-5-16-10-24-11-18(16)8-14)4-6-17(20)12-26-13-21-19(22(26)27)2-1-7-25-21;1-25(2)20-8-7-15(11-24-20)14-5-6-16(18(22)10-14)12-26-13-19-17(21(26)27)4-3-9-23-19/h2-5,7,9-11H,6,8,12-13H2,1H3;3-11,13H,12,14H2,1-2H3;2-9H,10-11H2,1H3,(H,26,27);1-10H,11-13H2;3-11H,12-13H2,1-2H3. The van der Waals surface area contributed by atoms with Gasteiger partial charge in [-0.05, 0) is 232 Å². The van der Waals surface area contributed by atoms with Crippen LogP contribution in [0.4, 0.5) is 37.8 Å². The number of hydrogen-bond donors (Lipinski definition) is 1. The Morgan fingerprint density at radius 2 is 0.809 bits per heavy atom. The number of ether oxygens (including phenoxy) is 1. The third-order valence-electron chi connectivity index (χ3n) is 26.3. The Balaban J connectivity index is 0.000000108. The molecule has 0 aliphatic carbocycles. The molecule has 141 heavy (non-hydrogen) atoms. The molecule has 0 bridgehead atoms. The highest BCUT2D eigenvalue weighted by molar-refractivity contribution is 6.01. The predicted octanol–water partition coefficient (Wildman–Crippen LogP) is 19.8. The number of aromatic amines is 1. The maximum atomic E-state index is 14.8. The number of aryl methyl sites for hydroxylation is 2. The molecule has 9 aromatic carbocycles. The fourth-order valence-electron chi connectivity index (χ4n) is 18.7. The van der Waals surface area contributed by atoms with Crippen molar-refractivity contribution in [1.29, 1.82) is 0 Å². The summed E-state index contributed by atoms with van der Waals surface area (Å²) in [5.74, 6) is -2.39. The van der Waals surface area contributed by atoms with Crippen LogP contribution >= 0.6 is 0 Å². The number of rotatable bonds is 17. The van der Waals surface area contributed by atoms with Crippen LogP contribution in [0.1, 0.15) is 130 Å². The minimum Gasteiger partial charge on any atom is -0.496 e. The summed E-state index contributed by atoms with van der Waals surface area (Å²) in [6.07, 6.45) is 14.8. The largest absolute Gasteiger partial charge is 0.496 e. The van der Waals surface area contributed by atoms with Crippen LogP contribution < -0.4 is 14.5 Å². The van der Waals surface area contributed by atoms with Gasteiger partial charge >= 0.3 is 0 Å². The summed E-state index contributed by atoms with van der Waals surface area (Å²) in [6.45, 7) is 6.03. The molecule has 17 aromatic rings. The maximum absolute atomic E-state index is 14.8. The molecule has 5 amide bonds. The first-order valence-corrected chi connectivity index (χ1v) is 45.7. The molecule has 0 saturated heterocycles. The highest BCUT2D eigenvalue weighted by atomic mass is 19.2. The van der Waals surface area contributed by atoms with Crippen molar-refractivity contribution >= 4 is 69.1 Å². The van der Waals surface area contributed by atoms with Crippen molar-refractivity contribution < 1.29 is 55.1 Å². The number of benzene rings is 9. The molecule has 0 radical (unpaired) electrons. The first-order valence-electron chi connectivity index (χ1n) is 45.7. The molecule has 0 atom stereocenters. The van der Waals surface area contributed by atoms with Crippen LogP contribution in [0.25, 0.3) is 77.4 Å². The van der Waals surface area contributed by atoms with Crippen molar-refractivity contribution in [3.63, 3.8) is 0 Å². The Morgan fingerprint density at radius 1 is 0.390 bits per heavy atom. The van der Waals surface area contributed by atoms with E-state index in [1.165, 1.54) is 45.7 Å². The zero-order chi connectivity index (χ0) is 97.5. The number of nitrogens with one attached hydrogen (secondary N) is 1. The van der Waals surface area contributed by atoms with Crippen molar-refractivity contribution in [3.05, 3.63) is 409 Å². The van der Waals surface area contributed by atoms with Crippen LogP contribution in [0.5, 0.6) is 5.75 Å². The summed E-state index contributed by atoms with van der Waals surface area (Å²) < 4.78 is 96.2. The van der Waals surface area contributed by atoms with Gasteiger partial charge in [-0.3, -0.25) is 63.7 Å². The Kier molecular flexibility index (Phi) is 25.2. The van der Waals surface area contributed by atoms with Crippen molar-refractivity contribution in [2.24, 2.45) is 12.0 Å². The van der Waals surface area contributed by atoms with Crippen LogP contribution in [0, 0.1) is 41.8 Å². The number of likely N-dealkylation sites (N-methyl/N-ethyl adjacent to an activating group) is 1. The summed E-state index contributed by atoms with van der Waals surface area (Å²) >= 11 is 0. The number of hydrogen-bond acceptors (Lipinski definition) is 17. The number of aliphatic imine (C=N–C) groups is 1. The van der Waals surface area contributed by atoms with Gasteiger partial charge in [0, 0.05) is 153 Å². The lowest BCUT2D eigenvalue weighted by Crippen LogP contribution is -2.24. The summed E-state index contributed by atoms with van der Waals surface area (Å²) in [4.78, 5) is 104. The second kappa shape index (κ2) is 38.8. The zero-order valence-electron chi connectivity index (χ0n) is 77.5. The van der Waals surface area contributed by atoms with Gasteiger partial charge in [0.2, 0.25) is 0 Å². The lowest BCUT2D eigenvalue weighted by atomic mass is 9.99. The average Bonchev–Trinajstić information content (AvgIpc) is 1.66. The first kappa shape index (κ1) is 91.6. The number of carbonyl (C=O) groups excluding carboxylic acids is 5. The molecule has 15 heterocycles. The van der Waals surface area contributed by atoms with E-state index in [-0.39, 0.29) is 91.6 Å². The maximum Gasteiger partial charge on any atom is 0.256 e. The number of methoxy groups -OCH3 is 1. The van der Waals surface area contributed by atoms with Crippen molar-refractivity contribution in [2.75, 3.05) is 44.6 Å². The van der Waals surface area contributed by atoms with Gasteiger partial charge in [0.25, 0.3) is 29.5 Å². The average molecular weight is 1890 g/mol. The third kappa shape index (κ3) is 18.7. The Labute approximate surface area is 806 Å². The van der Waals surface area contributed by atoms with Gasteiger partial charge in [0.05, 0.1) is 133 Å². The van der Waals surface area contributed by atoms with Gasteiger partial charge in [0.1, 0.15) is 46.5 Å². The number of pyridine rings is 6. The van der Waals surface area contributed by atoms with Crippen LogP contribution in [0.3, 0.4) is 0 Å². The Hall–Kier alpha value is -17.2. The molecule has 24 nitrogen and oxygen atoms in total. The molecule has 7 aliphatic rings. The third-order valence-corrected chi connectivity index (χ3v) is 26.3. The SMILES string of the molecule is CN(C)c1ccc(-c2ccc(CN3Cc4ncccc4C3=O)c(F)c2)cn1.CN1CCc2cc(-c3cc(F)c(CN4Cc5ncccc5C4=O)c(F)c3)ccc21.COc1cc(-c2cccc3nn(C)cc23)ccc1CN1Cc2ncccc2C1=O.Cc1[nH]nc2ccc(-c3cc(F)c(CN4Cc5ncccc5C4=O)c(F)c3)cc12.O=C1c2cccnc2CN1Cc1ccc(-c2ccc3c(c2)CN=C3)cc1F. The van der Waals surface area contributed by atoms with Crippen molar-refractivity contribution in [1.82, 2.24) is 74.4 Å². The zero-order valence-corrected chi connectivity index (χ0v) is 77.5. The second-order valence-electron chi connectivity index (χ2n) is 35.6. The fraction of sp³-hybridized carbons (Fsp3) is 0.171. The molecule has 0 fully saturated rings. The van der Waals surface area contributed by atoms with E-state index in [4.69, 9.17) is 4.74 Å². The van der Waals surface area contributed by atoms with Crippen LogP contribution in [0.15, 0.2) is 273 Å².